The van der Waals surface area contributed by atoms with E-state index >= 15 is 0 Å². The van der Waals surface area contributed by atoms with Crippen molar-refractivity contribution in [3.8, 4) is 0 Å². The van der Waals surface area contributed by atoms with E-state index < -0.39 is 6.10 Å². The summed E-state index contributed by atoms with van der Waals surface area (Å²) in [6.45, 7) is 8.27. The summed E-state index contributed by atoms with van der Waals surface area (Å²) in [5, 5.41) is 0.657. The molecule has 0 bridgehead atoms. The zero-order chi connectivity index (χ0) is 19.1. The Labute approximate surface area is 160 Å². The number of ether oxygens (including phenoxy) is 4. The van der Waals surface area contributed by atoms with E-state index in [-0.39, 0.29) is 30.4 Å². The van der Waals surface area contributed by atoms with Crippen LogP contribution >= 0.6 is 11.6 Å². The lowest BCUT2D eigenvalue weighted by Gasteiger charge is -2.39. The van der Waals surface area contributed by atoms with E-state index in [0.29, 0.717) is 18.2 Å². The minimum atomic E-state index is -0.426. The molecule has 4 atom stereocenters. The molecule has 0 aromatic heterocycles. The van der Waals surface area contributed by atoms with Crippen LogP contribution in [0.1, 0.15) is 46.1 Å². The second-order valence-corrected chi connectivity index (χ2v) is 7.30. The van der Waals surface area contributed by atoms with Crippen LogP contribution < -0.4 is 0 Å². The van der Waals surface area contributed by atoms with Gasteiger partial charge in [0, 0.05) is 5.02 Å². The summed E-state index contributed by atoms with van der Waals surface area (Å²) in [6.07, 6.45) is 0.288. The van der Waals surface area contributed by atoms with Crippen molar-refractivity contribution in [3.05, 3.63) is 34.9 Å². The van der Waals surface area contributed by atoms with Crippen molar-refractivity contribution in [1.29, 1.82) is 0 Å². The lowest BCUT2D eigenvalue weighted by Crippen LogP contribution is -2.51. The second kappa shape index (κ2) is 10.3. The van der Waals surface area contributed by atoms with E-state index in [2.05, 4.69) is 6.92 Å². The van der Waals surface area contributed by atoms with Crippen molar-refractivity contribution in [2.45, 2.75) is 71.7 Å². The number of rotatable bonds is 8. The number of carbonyl (C=O) groups is 1. The van der Waals surface area contributed by atoms with Crippen molar-refractivity contribution in [1.82, 2.24) is 0 Å². The Kier molecular flexibility index (Phi) is 8.35. The maximum atomic E-state index is 12.0. The highest BCUT2D eigenvalue weighted by molar-refractivity contribution is 6.31. The average Bonchev–Trinajstić information content (AvgIpc) is 2.61. The predicted octanol–water partition coefficient (Wildman–Crippen LogP) is 4.35. The van der Waals surface area contributed by atoms with Gasteiger partial charge in [-0.05, 0) is 25.0 Å². The van der Waals surface area contributed by atoms with E-state index in [9.17, 15) is 4.79 Å². The SMILES string of the molecule is CCC[C@H]1OC[C@@H](OCc2ccccc2Cl)[C@@H](C(C)OC(=O)C(C)C)O1. The van der Waals surface area contributed by atoms with Crippen LogP contribution in [-0.4, -0.2) is 37.2 Å². The van der Waals surface area contributed by atoms with Crippen LogP contribution in [0, 0.1) is 5.92 Å². The standard InChI is InChI=1S/C20H29ClO5/c1-5-8-18-24-12-17(23-11-15-9-6-7-10-16(15)21)19(26-18)14(4)25-20(22)13(2)3/h6-7,9-10,13-14,17-19H,5,8,11-12H2,1-4H3/t14?,17-,18+,19-/m1/s1. The molecule has 1 fully saturated rings. The first-order valence-corrected chi connectivity index (χ1v) is 9.62. The minimum absolute atomic E-state index is 0.189. The van der Waals surface area contributed by atoms with E-state index in [4.69, 9.17) is 30.5 Å². The van der Waals surface area contributed by atoms with Gasteiger partial charge in [0.05, 0.1) is 19.1 Å². The van der Waals surface area contributed by atoms with Gasteiger partial charge in [-0.2, -0.15) is 0 Å². The van der Waals surface area contributed by atoms with Gasteiger partial charge < -0.3 is 18.9 Å². The van der Waals surface area contributed by atoms with Gasteiger partial charge in [0.25, 0.3) is 0 Å². The Morgan fingerprint density at radius 1 is 1.31 bits per heavy atom. The molecule has 1 heterocycles. The van der Waals surface area contributed by atoms with Gasteiger partial charge in [0.1, 0.15) is 18.3 Å². The third kappa shape index (κ3) is 5.95. The monoisotopic (exact) mass is 384 g/mol. The Morgan fingerprint density at radius 3 is 2.69 bits per heavy atom. The Morgan fingerprint density at radius 2 is 2.04 bits per heavy atom. The number of benzene rings is 1. The molecule has 1 aliphatic heterocycles. The molecule has 0 aliphatic carbocycles. The summed E-state index contributed by atoms with van der Waals surface area (Å²) in [7, 11) is 0. The highest BCUT2D eigenvalue weighted by atomic mass is 35.5. The Bertz CT molecular complexity index is 577. The molecule has 1 saturated heterocycles. The summed E-state index contributed by atoms with van der Waals surface area (Å²) >= 11 is 6.20. The zero-order valence-electron chi connectivity index (χ0n) is 15.9. The molecule has 26 heavy (non-hydrogen) atoms. The highest BCUT2D eigenvalue weighted by Gasteiger charge is 2.38. The van der Waals surface area contributed by atoms with Crippen molar-refractivity contribution < 1.29 is 23.7 Å². The molecule has 0 N–H and O–H groups in total. The van der Waals surface area contributed by atoms with Gasteiger partial charge in [0.15, 0.2) is 6.29 Å². The molecule has 1 aromatic carbocycles. The quantitative estimate of drug-likeness (QED) is 0.623. The zero-order valence-corrected chi connectivity index (χ0v) is 16.7. The van der Waals surface area contributed by atoms with Crippen LogP contribution in [0.25, 0.3) is 0 Å². The van der Waals surface area contributed by atoms with Crippen LogP contribution in [0.2, 0.25) is 5.02 Å². The third-order valence-corrected chi connectivity index (χ3v) is 4.66. The molecule has 1 unspecified atom stereocenters. The molecule has 0 radical (unpaired) electrons. The van der Waals surface area contributed by atoms with Crippen LogP contribution in [0.4, 0.5) is 0 Å². The van der Waals surface area contributed by atoms with E-state index in [1.807, 2.05) is 45.0 Å². The predicted molar refractivity (Wildman–Crippen MR) is 99.9 cm³/mol. The second-order valence-electron chi connectivity index (χ2n) is 6.89. The number of esters is 1. The van der Waals surface area contributed by atoms with Gasteiger partial charge in [-0.25, -0.2) is 0 Å². The third-order valence-electron chi connectivity index (χ3n) is 4.29. The molecule has 0 amide bonds. The summed E-state index contributed by atoms with van der Waals surface area (Å²) in [5.74, 6) is -0.435. The van der Waals surface area contributed by atoms with E-state index in [1.54, 1.807) is 0 Å². The first-order chi connectivity index (χ1) is 12.4. The number of halogens is 1. The van der Waals surface area contributed by atoms with Gasteiger partial charge in [-0.15, -0.1) is 0 Å². The van der Waals surface area contributed by atoms with Gasteiger partial charge >= 0.3 is 5.97 Å². The fourth-order valence-electron chi connectivity index (χ4n) is 2.74. The normalized spacial score (nSPS) is 24.5. The van der Waals surface area contributed by atoms with Crippen molar-refractivity contribution >= 4 is 17.6 Å². The van der Waals surface area contributed by atoms with Crippen LogP contribution in [-0.2, 0) is 30.3 Å². The molecule has 1 aromatic rings. The number of hydrogen-bond donors (Lipinski definition) is 0. The van der Waals surface area contributed by atoms with Gasteiger partial charge in [0.2, 0.25) is 0 Å². The summed E-state index contributed by atoms with van der Waals surface area (Å²) in [6, 6.07) is 7.55. The summed E-state index contributed by atoms with van der Waals surface area (Å²) in [4.78, 5) is 12.0. The maximum absolute atomic E-state index is 12.0. The molecule has 2 rings (SSSR count). The average molecular weight is 385 g/mol. The fraction of sp³-hybridized carbons (Fsp3) is 0.650. The fourth-order valence-corrected chi connectivity index (χ4v) is 2.93. The number of carbonyl (C=O) groups excluding carboxylic acids is 1. The Balaban J connectivity index is 2.03. The molecular weight excluding hydrogens is 356 g/mol. The van der Waals surface area contributed by atoms with Crippen molar-refractivity contribution in [2.24, 2.45) is 5.92 Å². The topological polar surface area (TPSA) is 54.0 Å². The van der Waals surface area contributed by atoms with E-state index in [0.717, 1.165) is 18.4 Å². The lowest BCUT2D eigenvalue weighted by atomic mass is 10.1. The largest absolute Gasteiger partial charge is 0.460 e. The highest BCUT2D eigenvalue weighted by Crippen LogP contribution is 2.25. The smallest absolute Gasteiger partial charge is 0.308 e. The summed E-state index contributed by atoms with van der Waals surface area (Å²) < 4.78 is 23.4. The molecular formula is C20H29ClO5. The first-order valence-electron chi connectivity index (χ1n) is 9.24. The van der Waals surface area contributed by atoms with E-state index in [1.165, 1.54) is 0 Å². The minimum Gasteiger partial charge on any atom is -0.460 e. The molecule has 1 aliphatic rings. The number of hydrogen-bond acceptors (Lipinski definition) is 5. The molecule has 0 saturated carbocycles. The van der Waals surface area contributed by atoms with Crippen molar-refractivity contribution in [2.75, 3.05) is 6.61 Å². The Hall–Kier alpha value is -1.14. The summed E-state index contributed by atoms with van der Waals surface area (Å²) in [5.41, 5.74) is 0.899. The molecule has 5 nitrogen and oxygen atoms in total. The maximum Gasteiger partial charge on any atom is 0.308 e. The lowest BCUT2D eigenvalue weighted by molar-refractivity contribution is -0.283. The van der Waals surface area contributed by atoms with Crippen LogP contribution in [0.3, 0.4) is 0 Å². The molecule has 146 valence electrons. The van der Waals surface area contributed by atoms with Gasteiger partial charge in [-0.1, -0.05) is 57.0 Å². The van der Waals surface area contributed by atoms with Crippen LogP contribution in [0.5, 0.6) is 0 Å². The first kappa shape index (κ1) is 21.2. The molecule has 0 spiro atoms. The van der Waals surface area contributed by atoms with Crippen molar-refractivity contribution in [3.63, 3.8) is 0 Å². The molecule has 6 heteroatoms. The van der Waals surface area contributed by atoms with Crippen LogP contribution in [0.15, 0.2) is 24.3 Å². The van der Waals surface area contributed by atoms with Gasteiger partial charge in [-0.3, -0.25) is 4.79 Å².